The van der Waals surface area contributed by atoms with E-state index in [1.165, 1.54) is 26.0 Å². The van der Waals surface area contributed by atoms with Crippen LogP contribution in [0.1, 0.15) is 13.8 Å². The van der Waals surface area contributed by atoms with Gasteiger partial charge < -0.3 is 161 Å². The molecule has 33 atom stereocenters. The van der Waals surface area contributed by atoms with Gasteiger partial charge in [0.05, 0.1) is 69.4 Å². The van der Waals surface area contributed by atoms with Gasteiger partial charge in [0.2, 0.25) is 0 Å². The molecule has 0 spiro atoms. The zero-order valence-electron chi connectivity index (χ0n) is 40.8. The van der Waals surface area contributed by atoms with Crippen molar-refractivity contribution in [3.05, 3.63) is 23.3 Å². The number of rotatable bonds is 17. The Hall–Kier alpha value is -1.80. The fourth-order valence-electron chi connectivity index (χ4n) is 10.5. The van der Waals surface area contributed by atoms with Gasteiger partial charge >= 0.3 is 0 Å². The SMILES string of the molecule is CC1OC(OC2C(CO)OC(OC3C(CO)=CC(NC4C(C)OC(OC5C(CO)OC(OC6C(CO)OC(O)C(O)C6O)C(O)C5O)C(O)C4O)C(O)C3O)C(O)C2O)C(O)C(O)C1NC1C=C(CO)C(O)C(O)C1O. The smallest absolute Gasteiger partial charge is 0.187 e. The van der Waals surface area contributed by atoms with Crippen molar-refractivity contribution in [2.75, 3.05) is 33.0 Å². The zero-order valence-corrected chi connectivity index (χ0v) is 40.8. The Morgan fingerprint density at radius 1 is 0.382 bits per heavy atom. The number of ether oxygens (including phenoxy) is 9. The van der Waals surface area contributed by atoms with E-state index in [1.807, 2.05) is 0 Å². The molecule has 2 aliphatic carbocycles. The zero-order chi connectivity index (χ0) is 55.9. The lowest BCUT2D eigenvalue weighted by atomic mass is 9.86. The molecular weight excluding hydrogens is 1040 g/mol. The first-order valence-electron chi connectivity index (χ1n) is 24.7. The van der Waals surface area contributed by atoms with E-state index in [4.69, 9.17) is 42.6 Å². The largest absolute Gasteiger partial charge is 0.394 e. The lowest BCUT2D eigenvalue weighted by molar-refractivity contribution is -0.373. The Labute approximate surface area is 432 Å². The molecule has 0 aromatic rings. The third-order valence-corrected chi connectivity index (χ3v) is 15.1. The van der Waals surface area contributed by atoms with Crippen LogP contribution in [0.2, 0.25) is 0 Å². The van der Waals surface area contributed by atoms with Crippen LogP contribution in [0, 0.1) is 0 Å². The summed E-state index contributed by atoms with van der Waals surface area (Å²) in [5.74, 6) is 0. The Balaban J connectivity index is 0.950. The van der Waals surface area contributed by atoms with Crippen LogP contribution in [-0.2, 0) is 42.6 Å². The lowest BCUT2D eigenvalue weighted by Crippen LogP contribution is -2.69. The predicted octanol–water partition coefficient (Wildman–Crippen LogP) is -13.9. The van der Waals surface area contributed by atoms with Gasteiger partial charge in [-0.2, -0.15) is 0 Å². The molecule has 0 aromatic heterocycles. The van der Waals surface area contributed by atoms with Crippen LogP contribution in [0.25, 0.3) is 0 Å². The predicted molar refractivity (Wildman–Crippen MR) is 239 cm³/mol. The van der Waals surface area contributed by atoms with Gasteiger partial charge in [0.1, 0.15) is 134 Å². The minimum absolute atomic E-state index is 0.0200. The highest BCUT2D eigenvalue weighted by Gasteiger charge is 2.56. The van der Waals surface area contributed by atoms with Gasteiger partial charge in [0, 0.05) is 0 Å². The van der Waals surface area contributed by atoms with Crippen LogP contribution < -0.4 is 10.6 Å². The number of aliphatic hydroxyl groups excluding tert-OH is 21. The Morgan fingerprint density at radius 3 is 1.16 bits per heavy atom. The van der Waals surface area contributed by atoms with Crippen LogP contribution in [-0.4, -0.2) is 342 Å². The van der Waals surface area contributed by atoms with Gasteiger partial charge in [0.15, 0.2) is 31.5 Å². The molecule has 7 rings (SSSR count). The fourth-order valence-corrected chi connectivity index (χ4v) is 10.5. The second-order valence-corrected chi connectivity index (χ2v) is 20.0. The van der Waals surface area contributed by atoms with E-state index in [1.54, 1.807) is 0 Å². The third kappa shape index (κ3) is 12.3. The van der Waals surface area contributed by atoms with Crippen molar-refractivity contribution in [3.8, 4) is 0 Å². The summed E-state index contributed by atoms with van der Waals surface area (Å²) in [5.41, 5.74) is -0.166. The summed E-state index contributed by atoms with van der Waals surface area (Å²) in [4.78, 5) is 0. The summed E-state index contributed by atoms with van der Waals surface area (Å²) in [6.07, 6.45) is -48.4. The summed E-state index contributed by atoms with van der Waals surface area (Å²) < 4.78 is 50.9. The van der Waals surface area contributed by atoms with Gasteiger partial charge in [-0.3, -0.25) is 0 Å². The normalized spacial score (nSPS) is 52.5. The van der Waals surface area contributed by atoms with Crippen LogP contribution in [0.5, 0.6) is 0 Å². The molecule has 5 heterocycles. The van der Waals surface area contributed by atoms with Crippen molar-refractivity contribution in [3.63, 3.8) is 0 Å². The highest BCUT2D eigenvalue weighted by atomic mass is 16.8. The second-order valence-electron chi connectivity index (χ2n) is 20.0. The van der Waals surface area contributed by atoms with Gasteiger partial charge in [0.25, 0.3) is 0 Å². The molecule has 0 amide bonds. The summed E-state index contributed by atoms with van der Waals surface area (Å²) >= 11 is 0. The van der Waals surface area contributed by atoms with Crippen molar-refractivity contribution < 1.29 is 150 Å². The van der Waals surface area contributed by atoms with Crippen molar-refractivity contribution >= 4 is 0 Å². The first kappa shape index (κ1) is 61.8. The minimum atomic E-state index is -2.07. The van der Waals surface area contributed by atoms with E-state index < -0.39 is 235 Å². The van der Waals surface area contributed by atoms with E-state index in [9.17, 15) is 107 Å². The van der Waals surface area contributed by atoms with Crippen molar-refractivity contribution in [2.45, 2.75) is 216 Å². The molecular formula is C44H74N2O30. The van der Waals surface area contributed by atoms with Crippen LogP contribution in [0.15, 0.2) is 23.3 Å². The Bertz CT molecular complexity index is 1910. The van der Waals surface area contributed by atoms with Crippen molar-refractivity contribution in [1.29, 1.82) is 0 Å². The monoisotopic (exact) mass is 1110 g/mol. The maximum Gasteiger partial charge on any atom is 0.187 e. The number of hydrogen-bond acceptors (Lipinski definition) is 32. The average molecular weight is 1110 g/mol. The minimum Gasteiger partial charge on any atom is -0.394 e. The maximum absolute atomic E-state index is 11.4. The quantitative estimate of drug-likeness (QED) is 0.0601. The van der Waals surface area contributed by atoms with Gasteiger partial charge in [-0.05, 0) is 25.0 Å². The van der Waals surface area contributed by atoms with Gasteiger partial charge in [-0.1, -0.05) is 12.2 Å². The van der Waals surface area contributed by atoms with E-state index in [-0.39, 0.29) is 11.1 Å². The molecule has 5 aliphatic heterocycles. The second kappa shape index (κ2) is 26.0. The third-order valence-electron chi connectivity index (χ3n) is 15.1. The van der Waals surface area contributed by atoms with Crippen LogP contribution in [0.4, 0.5) is 0 Å². The molecule has 5 fully saturated rings. The van der Waals surface area contributed by atoms with E-state index in [0.717, 1.165) is 0 Å². The van der Waals surface area contributed by atoms with Crippen molar-refractivity contribution in [2.24, 2.45) is 0 Å². The highest BCUT2D eigenvalue weighted by Crippen LogP contribution is 2.36. The van der Waals surface area contributed by atoms with Crippen LogP contribution in [0.3, 0.4) is 0 Å². The molecule has 0 bridgehead atoms. The standard InChI is InChI=1S/C44H74N2O30/c1-10-19(45-14-3-12(5-47)21(52)26(57)22(14)53)24(55)32(63)41(68-10)74-38-17(8-50)71-43(34(65)29(38)60)73-36-13(6-48)4-15(23(54)27(36)58)46-20-11(2)69-42(33(64)25(20)56)75-39-18(9-51)72-44(35(66)30(39)61)76-37-16(7-49)70-40(67)31(62)28(37)59/h3-4,10-11,14-67H,5-9H2,1-2H3. The van der Waals surface area contributed by atoms with Crippen LogP contribution >= 0.6 is 0 Å². The molecule has 32 heteroatoms. The average Bonchev–Trinajstić information content (AvgIpc) is 3.41. The summed E-state index contributed by atoms with van der Waals surface area (Å²) in [7, 11) is 0. The number of nitrogens with one attached hydrogen (secondary N) is 2. The molecule has 440 valence electrons. The molecule has 33 unspecified atom stereocenters. The van der Waals surface area contributed by atoms with E-state index in [2.05, 4.69) is 10.6 Å². The molecule has 5 saturated heterocycles. The topological polar surface area (TPSA) is 532 Å². The Morgan fingerprint density at radius 2 is 0.737 bits per heavy atom. The Kier molecular flexibility index (Phi) is 21.1. The summed E-state index contributed by atoms with van der Waals surface area (Å²) in [6.45, 7) is -1.38. The highest BCUT2D eigenvalue weighted by molar-refractivity contribution is 5.24. The number of aliphatic hydroxyl groups is 21. The first-order chi connectivity index (χ1) is 35.9. The molecule has 32 nitrogen and oxygen atoms in total. The summed E-state index contributed by atoms with van der Waals surface area (Å²) in [5, 5.41) is 229. The maximum atomic E-state index is 11.4. The van der Waals surface area contributed by atoms with E-state index >= 15 is 0 Å². The first-order valence-corrected chi connectivity index (χ1v) is 24.7. The number of hydrogen-bond donors (Lipinski definition) is 23. The lowest BCUT2D eigenvalue weighted by Gasteiger charge is -2.49. The molecule has 0 aromatic carbocycles. The molecule has 7 aliphatic rings. The summed E-state index contributed by atoms with van der Waals surface area (Å²) in [6, 6.07) is -4.97. The van der Waals surface area contributed by atoms with Gasteiger partial charge in [-0.15, -0.1) is 0 Å². The van der Waals surface area contributed by atoms with E-state index in [0.29, 0.717) is 0 Å². The van der Waals surface area contributed by atoms with Crippen molar-refractivity contribution in [1.82, 2.24) is 10.6 Å². The molecule has 0 saturated carbocycles. The fraction of sp³-hybridized carbons (Fsp3) is 0.909. The van der Waals surface area contributed by atoms with Gasteiger partial charge in [-0.25, -0.2) is 0 Å². The molecule has 0 radical (unpaired) electrons. The molecule has 23 N–H and O–H groups in total. The molecule has 76 heavy (non-hydrogen) atoms.